The van der Waals surface area contributed by atoms with Crippen molar-refractivity contribution in [2.45, 2.75) is 23.8 Å². The van der Waals surface area contributed by atoms with Crippen molar-refractivity contribution in [1.82, 2.24) is 4.90 Å². The molecule has 0 aliphatic carbocycles. The van der Waals surface area contributed by atoms with Gasteiger partial charge in [0.1, 0.15) is 0 Å². The normalized spacial score (nSPS) is 21.8. The first kappa shape index (κ1) is 13.3. The van der Waals surface area contributed by atoms with Gasteiger partial charge in [-0.3, -0.25) is 0 Å². The Morgan fingerprint density at radius 2 is 2.22 bits per heavy atom. The van der Waals surface area contributed by atoms with Crippen LogP contribution in [0.15, 0.2) is 29.2 Å². The number of nitrogens with two attached hydrogens (primary N) is 1. The Labute approximate surface area is 108 Å². The number of piperidine rings is 1. The van der Waals surface area contributed by atoms with Crippen LogP contribution in [-0.4, -0.2) is 39.5 Å². The molecule has 3 N–H and O–H groups in total. The van der Waals surface area contributed by atoms with Gasteiger partial charge in [0, 0.05) is 18.3 Å². The van der Waals surface area contributed by atoms with E-state index in [1.54, 1.807) is 12.1 Å². The highest BCUT2D eigenvalue weighted by Gasteiger charge is 2.17. The van der Waals surface area contributed by atoms with Crippen LogP contribution in [0.5, 0.6) is 0 Å². The van der Waals surface area contributed by atoms with E-state index in [1.807, 2.05) is 6.07 Å². The molecule has 1 heterocycles. The predicted molar refractivity (Wildman–Crippen MR) is 72.0 cm³/mol. The predicted octanol–water partition coefficient (Wildman–Crippen LogP) is 0.840. The molecule has 1 aromatic carbocycles. The SMILES string of the molecule is CN1CCCC(Nc2cccc(S(N)(=O)=O)c2)C1. The van der Waals surface area contributed by atoms with Gasteiger partial charge in [0.25, 0.3) is 0 Å². The third-order valence-electron chi connectivity index (χ3n) is 3.16. The molecule has 6 heteroatoms. The summed E-state index contributed by atoms with van der Waals surface area (Å²) in [6.07, 6.45) is 2.26. The average molecular weight is 269 g/mol. The van der Waals surface area contributed by atoms with Gasteiger partial charge in [-0.25, -0.2) is 13.6 Å². The smallest absolute Gasteiger partial charge is 0.238 e. The third kappa shape index (κ3) is 3.44. The number of likely N-dealkylation sites (tertiary alicyclic amines) is 1. The highest BCUT2D eigenvalue weighted by atomic mass is 32.2. The van der Waals surface area contributed by atoms with Gasteiger partial charge < -0.3 is 10.2 Å². The molecule has 0 spiro atoms. The highest BCUT2D eigenvalue weighted by molar-refractivity contribution is 7.89. The minimum Gasteiger partial charge on any atom is -0.381 e. The van der Waals surface area contributed by atoms with Gasteiger partial charge in [-0.05, 0) is 44.6 Å². The fourth-order valence-corrected chi connectivity index (χ4v) is 2.84. The number of benzene rings is 1. The van der Waals surface area contributed by atoms with E-state index in [-0.39, 0.29) is 4.90 Å². The summed E-state index contributed by atoms with van der Waals surface area (Å²) in [5.74, 6) is 0. The summed E-state index contributed by atoms with van der Waals surface area (Å²) in [6, 6.07) is 7.02. The van der Waals surface area contributed by atoms with Gasteiger partial charge in [0.15, 0.2) is 0 Å². The monoisotopic (exact) mass is 269 g/mol. The molecule has 0 aromatic heterocycles. The number of hydrogen-bond donors (Lipinski definition) is 2. The molecular formula is C12H19N3O2S. The van der Waals surface area contributed by atoms with Gasteiger partial charge in [-0.15, -0.1) is 0 Å². The standard InChI is InChI=1S/C12H19N3O2S/c1-15-7-3-5-11(9-15)14-10-4-2-6-12(8-10)18(13,16)17/h2,4,6,8,11,14H,3,5,7,9H2,1H3,(H2,13,16,17). The second-order valence-corrected chi connectivity index (χ2v) is 6.38. The Morgan fingerprint density at radius 3 is 2.89 bits per heavy atom. The van der Waals surface area contributed by atoms with Crippen molar-refractivity contribution in [3.63, 3.8) is 0 Å². The van der Waals surface area contributed by atoms with Gasteiger partial charge in [-0.2, -0.15) is 0 Å². The van der Waals surface area contributed by atoms with Gasteiger partial charge in [0.05, 0.1) is 4.90 Å². The molecule has 1 atom stereocenters. The Bertz CT molecular complexity index is 516. The van der Waals surface area contributed by atoms with Crippen molar-refractivity contribution in [1.29, 1.82) is 0 Å². The number of likely N-dealkylation sites (N-methyl/N-ethyl adjacent to an activating group) is 1. The molecule has 0 amide bonds. The van der Waals surface area contributed by atoms with Crippen LogP contribution in [0.2, 0.25) is 0 Å². The molecule has 100 valence electrons. The van der Waals surface area contributed by atoms with E-state index in [4.69, 9.17) is 5.14 Å². The number of primary sulfonamides is 1. The van der Waals surface area contributed by atoms with E-state index in [0.717, 1.165) is 31.6 Å². The van der Waals surface area contributed by atoms with E-state index < -0.39 is 10.0 Å². The van der Waals surface area contributed by atoms with Gasteiger partial charge in [-0.1, -0.05) is 6.07 Å². The number of hydrogen-bond acceptors (Lipinski definition) is 4. The second-order valence-electron chi connectivity index (χ2n) is 4.82. The average Bonchev–Trinajstić information content (AvgIpc) is 2.28. The Morgan fingerprint density at radius 1 is 1.44 bits per heavy atom. The van der Waals surface area contributed by atoms with Crippen LogP contribution in [0.1, 0.15) is 12.8 Å². The molecule has 1 aliphatic heterocycles. The Balaban J connectivity index is 2.10. The number of anilines is 1. The van der Waals surface area contributed by atoms with Gasteiger partial charge in [0.2, 0.25) is 10.0 Å². The minimum absolute atomic E-state index is 0.150. The first-order valence-electron chi connectivity index (χ1n) is 6.03. The molecule has 1 unspecified atom stereocenters. The fourth-order valence-electron chi connectivity index (χ4n) is 2.28. The van der Waals surface area contributed by atoms with Crippen molar-refractivity contribution < 1.29 is 8.42 Å². The zero-order valence-corrected chi connectivity index (χ0v) is 11.3. The van der Waals surface area contributed by atoms with Crippen molar-refractivity contribution in [3.05, 3.63) is 24.3 Å². The molecule has 1 aromatic rings. The van der Waals surface area contributed by atoms with Gasteiger partial charge >= 0.3 is 0 Å². The lowest BCUT2D eigenvalue weighted by molar-refractivity contribution is 0.261. The zero-order valence-electron chi connectivity index (χ0n) is 10.5. The minimum atomic E-state index is -3.63. The van der Waals surface area contributed by atoms with Crippen LogP contribution < -0.4 is 10.5 Å². The van der Waals surface area contributed by atoms with E-state index in [2.05, 4.69) is 17.3 Å². The second kappa shape index (κ2) is 5.26. The summed E-state index contributed by atoms with van der Waals surface area (Å²) >= 11 is 0. The fraction of sp³-hybridized carbons (Fsp3) is 0.500. The number of sulfonamides is 1. The van der Waals surface area contributed by atoms with Crippen LogP contribution in [0.3, 0.4) is 0 Å². The quantitative estimate of drug-likeness (QED) is 0.852. The lowest BCUT2D eigenvalue weighted by atomic mass is 10.1. The van der Waals surface area contributed by atoms with E-state index in [0.29, 0.717) is 6.04 Å². The van der Waals surface area contributed by atoms with E-state index in [1.165, 1.54) is 6.07 Å². The highest BCUT2D eigenvalue weighted by Crippen LogP contribution is 2.18. The maximum Gasteiger partial charge on any atom is 0.238 e. The van der Waals surface area contributed by atoms with Crippen LogP contribution >= 0.6 is 0 Å². The van der Waals surface area contributed by atoms with Crippen molar-refractivity contribution in [2.24, 2.45) is 5.14 Å². The topological polar surface area (TPSA) is 75.4 Å². The first-order chi connectivity index (χ1) is 8.45. The summed E-state index contributed by atoms with van der Waals surface area (Å²) in [5.41, 5.74) is 0.807. The zero-order chi connectivity index (χ0) is 13.2. The number of nitrogens with zero attached hydrogens (tertiary/aromatic N) is 1. The Kier molecular flexibility index (Phi) is 3.89. The number of rotatable bonds is 3. The molecule has 1 saturated heterocycles. The lowest BCUT2D eigenvalue weighted by Gasteiger charge is -2.30. The largest absolute Gasteiger partial charge is 0.381 e. The molecule has 2 rings (SSSR count). The molecule has 1 fully saturated rings. The van der Waals surface area contributed by atoms with E-state index >= 15 is 0 Å². The van der Waals surface area contributed by atoms with Crippen LogP contribution in [0.25, 0.3) is 0 Å². The number of nitrogens with one attached hydrogen (secondary N) is 1. The molecule has 0 saturated carbocycles. The van der Waals surface area contributed by atoms with Crippen molar-refractivity contribution >= 4 is 15.7 Å². The molecule has 18 heavy (non-hydrogen) atoms. The molecule has 5 nitrogen and oxygen atoms in total. The summed E-state index contributed by atoms with van der Waals surface area (Å²) in [5, 5.41) is 8.48. The van der Waals surface area contributed by atoms with Crippen molar-refractivity contribution in [2.75, 3.05) is 25.5 Å². The summed E-state index contributed by atoms with van der Waals surface area (Å²) in [7, 11) is -1.54. The van der Waals surface area contributed by atoms with Crippen LogP contribution in [0, 0.1) is 0 Å². The van der Waals surface area contributed by atoms with Crippen LogP contribution in [-0.2, 0) is 10.0 Å². The molecule has 0 bridgehead atoms. The summed E-state index contributed by atoms with van der Waals surface area (Å²) in [4.78, 5) is 2.42. The molecule has 1 aliphatic rings. The van der Waals surface area contributed by atoms with Crippen molar-refractivity contribution in [3.8, 4) is 0 Å². The lowest BCUT2D eigenvalue weighted by Crippen LogP contribution is -2.39. The van der Waals surface area contributed by atoms with E-state index in [9.17, 15) is 8.42 Å². The molecule has 0 radical (unpaired) electrons. The maximum absolute atomic E-state index is 11.3. The van der Waals surface area contributed by atoms with Crippen LogP contribution in [0.4, 0.5) is 5.69 Å². The third-order valence-corrected chi connectivity index (χ3v) is 4.07. The Hall–Kier alpha value is -1.11. The summed E-state index contributed by atoms with van der Waals surface area (Å²) < 4.78 is 22.5. The maximum atomic E-state index is 11.3. The molecular weight excluding hydrogens is 250 g/mol. The summed E-state index contributed by atoms with van der Waals surface area (Å²) in [6.45, 7) is 2.09. The first-order valence-corrected chi connectivity index (χ1v) is 7.58.